The fourth-order valence-corrected chi connectivity index (χ4v) is 6.18. The van der Waals surface area contributed by atoms with Crippen LogP contribution >= 0.6 is 11.3 Å². The molecule has 0 saturated carbocycles. The molecule has 147 valence electrons. The minimum Gasteiger partial charge on any atom is -0.506 e. The molecular weight excluding hydrogens is 455 g/mol. The van der Waals surface area contributed by atoms with E-state index in [4.69, 9.17) is 0 Å². The molecule has 1 radical (unpaired) electrons. The van der Waals surface area contributed by atoms with Crippen molar-refractivity contribution in [2.45, 2.75) is 41.5 Å². The molecule has 0 aliphatic carbocycles. The number of thiophene rings is 1. The van der Waals surface area contributed by atoms with E-state index in [0.29, 0.717) is 22.7 Å². The Labute approximate surface area is 193 Å². The Kier molecular flexibility index (Phi) is 9.94. The van der Waals surface area contributed by atoms with Crippen LogP contribution in [0.15, 0.2) is 24.3 Å². The van der Waals surface area contributed by atoms with E-state index in [-0.39, 0.29) is 50.8 Å². The van der Waals surface area contributed by atoms with Crippen molar-refractivity contribution in [2.24, 2.45) is 0 Å². The zero-order valence-electron chi connectivity index (χ0n) is 17.1. The van der Waals surface area contributed by atoms with Crippen molar-refractivity contribution in [3.05, 3.63) is 58.8 Å². The van der Waals surface area contributed by atoms with Gasteiger partial charge in [0.2, 0.25) is 0 Å². The third-order valence-electron chi connectivity index (χ3n) is 4.27. The molecule has 0 fully saturated rings. The van der Waals surface area contributed by atoms with Crippen molar-refractivity contribution >= 4 is 37.0 Å². The number of benzene rings is 1. The smallest absolute Gasteiger partial charge is 0.269 e. The minimum absolute atomic E-state index is 0. The number of rotatable bonds is 2. The zero-order chi connectivity index (χ0) is 18.9. The van der Waals surface area contributed by atoms with Crippen LogP contribution in [-0.4, -0.2) is 20.1 Å². The van der Waals surface area contributed by atoms with Gasteiger partial charge >= 0.3 is 0 Å². The summed E-state index contributed by atoms with van der Waals surface area (Å²) in [5, 5.41) is 11.4. The van der Waals surface area contributed by atoms with Crippen molar-refractivity contribution in [3.8, 4) is 0 Å². The molecule has 2 aromatic rings. The molecule has 0 bridgehead atoms. The quantitative estimate of drug-likeness (QED) is 0.558. The van der Waals surface area contributed by atoms with Crippen LogP contribution in [0, 0.1) is 28.2 Å². The Morgan fingerprint density at radius 3 is 2.19 bits per heavy atom. The van der Waals surface area contributed by atoms with Gasteiger partial charge in [-0.25, -0.2) is 8.42 Å². The van der Waals surface area contributed by atoms with Gasteiger partial charge in [-0.1, -0.05) is 38.1 Å². The molecule has 7 heteroatoms. The van der Waals surface area contributed by atoms with Crippen molar-refractivity contribution in [3.63, 3.8) is 0 Å². The number of nitrogens with zero attached hydrogens (tertiary/aromatic N) is 1. The molecule has 0 saturated heterocycles. The maximum atomic E-state index is 13.1. The summed E-state index contributed by atoms with van der Waals surface area (Å²) >= 11 is 1.41. The molecule has 1 aliphatic heterocycles. The predicted octanol–water partition coefficient (Wildman–Crippen LogP) is 5.70. The third kappa shape index (κ3) is 4.34. The predicted molar refractivity (Wildman–Crippen MR) is 114 cm³/mol. The molecule has 1 N–H and O–H groups in total. The van der Waals surface area contributed by atoms with E-state index < -0.39 is 10.0 Å². The van der Waals surface area contributed by atoms with Crippen LogP contribution in [0.25, 0.3) is 10.7 Å². The molecule has 0 unspecified atom stereocenters. The Bertz CT molecular complexity index is 931. The summed E-state index contributed by atoms with van der Waals surface area (Å²) < 4.78 is 27.6. The summed E-state index contributed by atoms with van der Waals surface area (Å²) in [6, 6.07) is 7.24. The molecular formula is C20H28NO3S2Y-. The maximum absolute atomic E-state index is 13.1. The van der Waals surface area contributed by atoms with Crippen LogP contribution in [-0.2, 0) is 42.7 Å². The van der Waals surface area contributed by atoms with Gasteiger partial charge in [-0.15, -0.1) is 11.3 Å². The Balaban J connectivity index is 0.00000164. The van der Waals surface area contributed by atoms with Gasteiger partial charge in [0.25, 0.3) is 10.0 Å². The largest absolute Gasteiger partial charge is 0.506 e. The topological polar surface area (TPSA) is 57.6 Å². The molecule has 3 rings (SSSR count). The SMILES string of the molecule is CC.CCN1c2sc(C)c(C)c2C(O)=C(c2ccccc2C)S1(=O)=O.[CH3-].[Y]. The summed E-state index contributed by atoms with van der Waals surface area (Å²) in [6.45, 7) is 11.9. The van der Waals surface area contributed by atoms with Crippen LogP contribution in [0.4, 0.5) is 5.00 Å². The maximum Gasteiger partial charge on any atom is 0.269 e. The number of aliphatic hydroxyl groups is 1. The first-order valence-corrected chi connectivity index (χ1v) is 10.7. The second kappa shape index (κ2) is 10.2. The van der Waals surface area contributed by atoms with Gasteiger partial charge in [-0.3, -0.25) is 4.31 Å². The second-order valence-corrected chi connectivity index (χ2v) is 8.63. The Morgan fingerprint density at radius 2 is 1.67 bits per heavy atom. The van der Waals surface area contributed by atoms with Crippen molar-refractivity contribution in [1.29, 1.82) is 0 Å². The molecule has 27 heavy (non-hydrogen) atoms. The standard InChI is InChI=1S/C17H19NO3S2.C2H6.CH3.Y/c1-5-18-17-14(11(3)12(4)22-17)15(19)16(23(18,20)21)13-9-7-6-8-10(13)2;1-2;;/h6-9,19H,5H2,1-4H3;1-2H3;1H3;/q;;-1;. The molecule has 0 amide bonds. The van der Waals surface area contributed by atoms with Crippen LogP contribution in [0.1, 0.15) is 47.9 Å². The fourth-order valence-electron chi connectivity index (χ4n) is 2.93. The van der Waals surface area contributed by atoms with E-state index in [1.807, 2.05) is 53.7 Å². The minimum atomic E-state index is -3.78. The van der Waals surface area contributed by atoms with Gasteiger partial charge in [-0.2, -0.15) is 0 Å². The van der Waals surface area contributed by atoms with Crippen molar-refractivity contribution < 1.29 is 46.2 Å². The molecule has 4 nitrogen and oxygen atoms in total. The number of aliphatic hydroxyl groups excluding tert-OH is 1. The van der Waals surface area contributed by atoms with Crippen LogP contribution in [0.5, 0.6) is 0 Å². The van der Waals surface area contributed by atoms with Crippen LogP contribution < -0.4 is 4.31 Å². The van der Waals surface area contributed by atoms with E-state index in [9.17, 15) is 13.5 Å². The zero-order valence-corrected chi connectivity index (χ0v) is 21.6. The van der Waals surface area contributed by atoms with Gasteiger partial charge < -0.3 is 12.5 Å². The number of aryl methyl sites for hydroxylation is 2. The van der Waals surface area contributed by atoms with Crippen molar-refractivity contribution in [2.75, 3.05) is 10.8 Å². The first-order valence-electron chi connectivity index (χ1n) is 8.43. The first-order chi connectivity index (χ1) is 11.8. The van der Waals surface area contributed by atoms with Gasteiger partial charge in [0, 0.05) is 49.7 Å². The fraction of sp³-hybridized carbons (Fsp3) is 0.350. The first kappa shape index (κ1) is 26.3. The average molecular weight is 483 g/mol. The van der Waals surface area contributed by atoms with Crippen LogP contribution in [0.3, 0.4) is 0 Å². The summed E-state index contributed by atoms with van der Waals surface area (Å²) in [5.41, 5.74) is 2.95. The molecule has 0 atom stereocenters. The van der Waals surface area contributed by atoms with Crippen molar-refractivity contribution in [1.82, 2.24) is 0 Å². The molecule has 1 aromatic heterocycles. The number of hydrogen-bond donors (Lipinski definition) is 1. The molecule has 1 aliphatic rings. The normalized spacial score (nSPS) is 14.4. The monoisotopic (exact) mass is 483 g/mol. The molecule has 0 spiro atoms. The van der Waals surface area contributed by atoms with E-state index in [1.54, 1.807) is 12.1 Å². The summed E-state index contributed by atoms with van der Waals surface area (Å²) in [6.07, 6.45) is 0. The Hall–Kier alpha value is -0.686. The van der Waals surface area contributed by atoms with Gasteiger partial charge in [0.05, 0.1) is 5.56 Å². The third-order valence-corrected chi connectivity index (χ3v) is 7.57. The van der Waals surface area contributed by atoms with E-state index >= 15 is 0 Å². The van der Waals surface area contributed by atoms with Crippen LogP contribution in [0.2, 0.25) is 0 Å². The summed E-state index contributed by atoms with van der Waals surface area (Å²) in [7, 11) is -3.78. The summed E-state index contributed by atoms with van der Waals surface area (Å²) in [5.74, 6) is -0.138. The van der Waals surface area contributed by atoms with E-state index in [2.05, 4.69) is 0 Å². The number of hydrogen-bond acceptors (Lipinski definition) is 4. The van der Waals surface area contributed by atoms with Gasteiger partial charge in [0.15, 0.2) is 0 Å². The molecule has 1 aromatic carbocycles. The number of anilines is 1. The molecule has 2 heterocycles. The van der Waals surface area contributed by atoms with E-state index in [1.165, 1.54) is 15.6 Å². The summed E-state index contributed by atoms with van der Waals surface area (Å²) in [4.78, 5) is 1.02. The average Bonchev–Trinajstić information content (AvgIpc) is 2.86. The number of sulfonamides is 1. The van der Waals surface area contributed by atoms with Gasteiger partial charge in [-0.05, 0) is 38.8 Å². The van der Waals surface area contributed by atoms with E-state index in [0.717, 1.165) is 16.0 Å². The number of fused-ring (bicyclic) bond motifs is 1. The Morgan fingerprint density at radius 1 is 1.11 bits per heavy atom. The second-order valence-electron chi connectivity index (χ2n) is 5.63. The van der Waals surface area contributed by atoms with Gasteiger partial charge in [0.1, 0.15) is 15.7 Å².